The van der Waals surface area contributed by atoms with E-state index in [1.165, 1.54) is 27.7 Å². The Morgan fingerprint density at radius 1 is 1.28 bits per heavy atom. The molecule has 0 spiro atoms. The van der Waals surface area contributed by atoms with Crippen molar-refractivity contribution in [3.05, 3.63) is 51.7 Å². The minimum absolute atomic E-state index is 0.0892. The zero-order valence-electron chi connectivity index (χ0n) is 18.1. The lowest BCUT2D eigenvalue weighted by Crippen LogP contribution is -2.50. The van der Waals surface area contributed by atoms with E-state index in [9.17, 15) is 31.2 Å². The Balaban J connectivity index is 2.90. The van der Waals surface area contributed by atoms with Gasteiger partial charge < -0.3 is 0 Å². The van der Waals surface area contributed by atoms with Crippen LogP contribution in [0, 0.1) is 17.8 Å². The van der Waals surface area contributed by atoms with Gasteiger partial charge in [-0.3, -0.25) is 9.59 Å². The summed E-state index contributed by atoms with van der Waals surface area (Å²) in [5.41, 5.74) is -5.25. The lowest BCUT2D eigenvalue weighted by atomic mass is 9.61. The molecule has 0 saturated carbocycles. The Morgan fingerprint density at radius 3 is 2.28 bits per heavy atom. The van der Waals surface area contributed by atoms with Crippen LogP contribution in [0.5, 0.6) is 0 Å². The molecule has 32 heavy (non-hydrogen) atoms. The number of Topliss-reactive ketones (excluding diaryl/α,β-unsaturated/α-hetero) is 2. The number of carbonyl (C=O) groups excluding carboxylic acids is 2. The van der Waals surface area contributed by atoms with Crippen LogP contribution < -0.4 is 0 Å². The topological polar surface area (TPSA) is 93.5 Å². The van der Waals surface area contributed by atoms with Crippen molar-refractivity contribution in [3.63, 3.8) is 0 Å². The summed E-state index contributed by atoms with van der Waals surface area (Å²) in [7, 11) is -4.28. The van der Waals surface area contributed by atoms with Gasteiger partial charge in [-0.2, -0.15) is 26.0 Å². The van der Waals surface area contributed by atoms with Gasteiger partial charge >= 0.3 is 6.18 Å². The van der Waals surface area contributed by atoms with Crippen molar-refractivity contribution in [1.29, 1.82) is 0 Å². The number of ketones is 2. The van der Waals surface area contributed by atoms with Crippen LogP contribution >= 0.6 is 11.6 Å². The summed E-state index contributed by atoms with van der Waals surface area (Å²) in [6, 6.07) is 1.58. The first-order valence-electron chi connectivity index (χ1n) is 9.47. The molecule has 1 aromatic heterocycles. The Hall–Kier alpha value is -2.33. The molecule has 0 N–H and O–H groups in total. The van der Waals surface area contributed by atoms with Crippen LogP contribution in [-0.4, -0.2) is 30.7 Å². The van der Waals surface area contributed by atoms with Crippen molar-refractivity contribution < 1.29 is 31.2 Å². The Morgan fingerprint density at radius 2 is 1.84 bits per heavy atom. The number of rotatable bonds is 5. The van der Waals surface area contributed by atoms with E-state index in [-0.39, 0.29) is 34.0 Å². The van der Waals surface area contributed by atoms with Crippen LogP contribution in [0.25, 0.3) is 0 Å². The van der Waals surface area contributed by atoms with Crippen LogP contribution in [0.1, 0.15) is 55.9 Å². The van der Waals surface area contributed by atoms with Gasteiger partial charge in [0.15, 0.2) is 11.6 Å². The van der Waals surface area contributed by atoms with Gasteiger partial charge in [0, 0.05) is 21.7 Å². The minimum atomic E-state index is -4.71. The molecule has 1 heterocycles. The second kappa shape index (κ2) is 8.22. The number of hydrogen-bond acceptors (Lipinski definition) is 5. The van der Waals surface area contributed by atoms with Crippen molar-refractivity contribution in [3.8, 4) is 0 Å². The molecule has 11 heteroatoms. The predicted octanol–water partition coefficient (Wildman–Crippen LogP) is 5.02. The number of halogens is 4. The molecular formula is C21H22ClF3N2O4S. The molecule has 0 radical (unpaired) electrons. The SMILES string of the molecule is C=CS(=O)(=O)N=C1C(C(=O)c2ccc(C(F)(F)F)nc2C)=C(Cl)C(C)(C)C(=O)C1(C)CC. The standard InChI is InChI=1S/C21H22ClF3N2O4S/c1-7-20(6)17(27-32(30,31)8-2)14(16(22)19(4,5)18(20)29)15(28)12-9-10-13(21(23,24)25)26-11(12)3/h8-10H,2,7H2,1,3-6H3. The highest BCUT2D eigenvalue weighted by Crippen LogP contribution is 2.49. The highest BCUT2D eigenvalue weighted by molar-refractivity contribution is 7.93. The number of carbonyl (C=O) groups is 2. The van der Waals surface area contributed by atoms with Crippen molar-refractivity contribution in [1.82, 2.24) is 4.98 Å². The van der Waals surface area contributed by atoms with Gasteiger partial charge in [-0.05, 0) is 46.2 Å². The molecule has 6 nitrogen and oxygen atoms in total. The largest absolute Gasteiger partial charge is 0.433 e. The first-order chi connectivity index (χ1) is 14.4. The number of aromatic nitrogens is 1. The van der Waals surface area contributed by atoms with Crippen LogP contribution in [0.3, 0.4) is 0 Å². The molecule has 1 unspecified atom stereocenters. The zero-order valence-corrected chi connectivity index (χ0v) is 19.7. The Bertz CT molecular complexity index is 1180. The second-order valence-corrected chi connectivity index (χ2v) is 10.0. The summed E-state index contributed by atoms with van der Waals surface area (Å²) in [6.07, 6.45) is -4.63. The molecule has 0 aromatic carbocycles. The second-order valence-electron chi connectivity index (χ2n) is 8.11. The molecule has 0 bridgehead atoms. The maximum atomic E-state index is 13.5. The lowest BCUT2D eigenvalue weighted by molar-refractivity contribution is -0.141. The molecule has 1 aliphatic carbocycles. The average molecular weight is 491 g/mol. The van der Waals surface area contributed by atoms with Gasteiger partial charge in [0.2, 0.25) is 0 Å². The van der Waals surface area contributed by atoms with Gasteiger partial charge in [0.05, 0.1) is 22.1 Å². The van der Waals surface area contributed by atoms with Crippen molar-refractivity contribution in [2.45, 2.75) is 47.2 Å². The van der Waals surface area contributed by atoms with E-state index in [2.05, 4.69) is 16.0 Å². The fourth-order valence-corrected chi connectivity index (χ4v) is 4.41. The first-order valence-corrected chi connectivity index (χ1v) is 11.3. The fourth-order valence-electron chi connectivity index (χ4n) is 3.53. The van der Waals surface area contributed by atoms with Crippen LogP contribution in [0.2, 0.25) is 0 Å². The summed E-state index contributed by atoms with van der Waals surface area (Å²) in [5.74, 6) is -1.33. The average Bonchev–Trinajstić information content (AvgIpc) is 2.70. The Kier molecular flexibility index (Phi) is 6.66. The zero-order chi connectivity index (χ0) is 24.9. The van der Waals surface area contributed by atoms with Gasteiger partial charge in [-0.1, -0.05) is 25.1 Å². The highest BCUT2D eigenvalue weighted by Gasteiger charge is 2.54. The third-order valence-corrected chi connectivity index (χ3v) is 7.10. The summed E-state index contributed by atoms with van der Waals surface area (Å²) < 4.78 is 67.1. The van der Waals surface area contributed by atoms with Crippen LogP contribution in [0.4, 0.5) is 13.2 Å². The van der Waals surface area contributed by atoms with E-state index in [1.54, 1.807) is 6.92 Å². The number of hydrogen-bond donors (Lipinski definition) is 0. The predicted molar refractivity (Wildman–Crippen MR) is 115 cm³/mol. The van der Waals surface area contributed by atoms with Crippen molar-refractivity contribution >= 4 is 38.9 Å². The normalized spacial score (nSPS) is 22.9. The highest BCUT2D eigenvalue weighted by atomic mass is 35.5. The Labute approximate surface area is 189 Å². The summed E-state index contributed by atoms with van der Waals surface area (Å²) >= 11 is 6.46. The number of allylic oxidation sites excluding steroid dienone is 2. The maximum Gasteiger partial charge on any atom is 0.433 e. The lowest BCUT2D eigenvalue weighted by Gasteiger charge is -2.42. The number of sulfonamides is 1. The third kappa shape index (κ3) is 4.30. The number of aryl methyl sites for hydroxylation is 1. The number of alkyl halides is 3. The van der Waals surface area contributed by atoms with E-state index >= 15 is 0 Å². The first kappa shape index (κ1) is 25.9. The van der Waals surface area contributed by atoms with E-state index in [4.69, 9.17) is 11.6 Å². The molecule has 0 saturated heterocycles. The molecule has 1 aliphatic rings. The molecule has 174 valence electrons. The van der Waals surface area contributed by atoms with Crippen molar-refractivity contribution in [2.75, 3.05) is 0 Å². The molecule has 2 rings (SSSR count). The van der Waals surface area contributed by atoms with Crippen molar-refractivity contribution in [2.24, 2.45) is 15.2 Å². The van der Waals surface area contributed by atoms with Crippen LogP contribution in [0.15, 0.2) is 39.1 Å². The van der Waals surface area contributed by atoms with E-state index in [0.29, 0.717) is 11.5 Å². The molecule has 0 fully saturated rings. The van der Waals surface area contributed by atoms with Gasteiger partial charge in [-0.15, -0.1) is 0 Å². The minimum Gasteiger partial charge on any atom is -0.298 e. The fraction of sp³-hybridized carbons (Fsp3) is 0.429. The summed E-state index contributed by atoms with van der Waals surface area (Å²) in [4.78, 5) is 30.2. The van der Waals surface area contributed by atoms with Crippen LogP contribution in [-0.2, 0) is 21.0 Å². The summed E-state index contributed by atoms with van der Waals surface area (Å²) in [6.45, 7) is 10.4. The monoisotopic (exact) mass is 490 g/mol. The van der Waals surface area contributed by atoms with E-state index in [0.717, 1.165) is 6.07 Å². The van der Waals surface area contributed by atoms with Gasteiger partial charge in [-0.25, -0.2) is 4.98 Å². The maximum absolute atomic E-state index is 13.5. The molecule has 0 aliphatic heterocycles. The quantitative estimate of drug-likeness (QED) is 0.540. The van der Waals surface area contributed by atoms with E-state index < -0.39 is 44.3 Å². The summed E-state index contributed by atoms with van der Waals surface area (Å²) in [5, 5.41) is 0.303. The third-order valence-electron chi connectivity index (χ3n) is 5.58. The van der Waals surface area contributed by atoms with E-state index in [1.807, 2.05) is 0 Å². The molecule has 0 amide bonds. The molecule has 1 atom stereocenters. The molecule has 1 aromatic rings. The van der Waals surface area contributed by atoms with Gasteiger partial charge in [0.25, 0.3) is 10.0 Å². The molecular weight excluding hydrogens is 469 g/mol. The number of nitrogens with zero attached hydrogens (tertiary/aromatic N) is 2. The van der Waals surface area contributed by atoms with Gasteiger partial charge in [0.1, 0.15) is 5.69 Å². The smallest absolute Gasteiger partial charge is 0.298 e. The number of pyridine rings is 1.